The van der Waals surface area contributed by atoms with E-state index in [1.165, 1.54) is 24.1 Å². The Morgan fingerprint density at radius 3 is 2.18 bits per heavy atom. The van der Waals surface area contributed by atoms with Gasteiger partial charge in [0.2, 0.25) is 11.8 Å². The van der Waals surface area contributed by atoms with Gasteiger partial charge in [0.1, 0.15) is 18.3 Å². The van der Waals surface area contributed by atoms with Crippen molar-refractivity contribution in [2.24, 2.45) is 0 Å². The largest absolute Gasteiger partial charge is 0.495 e. The number of nitrogens with one attached hydrogen (secondary N) is 1. The Labute approximate surface area is 231 Å². The number of carbonyl (C=O) groups excluding carboxylic acids is 2. The van der Waals surface area contributed by atoms with Crippen LogP contribution >= 0.6 is 0 Å². The first kappa shape index (κ1) is 29.7. The number of benzene rings is 3. The fourth-order valence-corrected chi connectivity index (χ4v) is 5.66. The van der Waals surface area contributed by atoms with E-state index >= 15 is 0 Å². The molecule has 0 saturated heterocycles. The predicted molar refractivity (Wildman–Crippen MR) is 153 cm³/mol. The number of hydrogen-bond donors (Lipinski definition) is 1. The van der Waals surface area contributed by atoms with Gasteiger partial charge in [-0.1, -0.05) is 54.1 Å². The minimum absolute atomic E-state index is 0.0391. The summed E-state index contributed by atoms with van der Waals surface area (Å²) in [5, 5.41) is 2.86. The molecule has 3 aromatic carbocycles. The van der Waals surface area contributed by atoms with Gasteiger partial charge in [-0.25, -0.2) is 8.42 Å². The van der Waals surface area contributed by atoms with Crippen LogP contribution in [0.2, 0.25) is 0 Å². The Morgan fingerprint density at radius 2 is 1.56 bits per heavy atom. The van der Waals surface area contributed by atoms with Gasteiger partial charge in [0, 0.05) is 12.6 Å². The highest BCUT2D eigenvalue weighted by Crippen LogP contribution is 2.33. The molecule has 3 rings (SSSR count). The molecule has 3 aromatic rings. The van der Waals surface area contributed by atoms with Crippen LogP contribution in [-0.2, 0) is 26.2 Å². The van der Waals surface area contributed by atoms with Gasteiger partial charge < -0.3 is 15.0 Å². The summed E-state index contributed by atoms with van der Waals surface area (Å²) in [4.78, 5) is 28.5. The van der Waals surface area contributed by atoms with E-state index in [2.05, 4.69) is 5.32 Å². The first-order chi connectivity index (χ1) is 18.4. The number of sulfonamides is 1. The number of carbonyl (C=O) groups is 2. The van der Waals surface area contributed by atoms with Crippen LogP contribution in [0.25, 0.3) is 0 Å². The molecule has 0 aliphatic heterocycles. The first-order valence-corrected chi connectivity index (χ1v) is 14.3. The van der Waals surface area contributed by atoms with Gasteiger partial charge in [0.05, 0.1) is 17.7 Å². The van der Waals surface area contributed by atoms with E-state index in [1.807, 2.05) is 52.0 Å². The van der Waals surface area contributed by atoms with Gasteiger partial charge in [-0.2, -0.15) is 0 Å². The molecule has 0 radical (unpaired) electrons. The lowest BCUT2D eigenvalue weighted by atomic mass is 10.1. The second-order valence-corrected chi connectivity index (χ2v) is 11.7. The molecule has 0 aliphatic carbocycles. The predicted octanol–water partition coefficient (Wildman–Crippen LogP) is 4.45. The van der Waals surface area contributed by atoms with E-state index in [-0.39, 0.29) is 29.1 Å². The Morgan fingerprint density at radius 1 is 0.897 bits per heavy atom. The molecule has 0 spiro atoms. The lowest BCUT2D eigenvalue weighted by molar-refractivity contribution is -0.139. The summed E-state index contributed by atoms with van der Waals surface area (Å²) in [5.41, 5.74) is 2.88. The molecular weight excluding hydrogens is 514 g/mol. The minimum Gasteiger partial charge on any atom is -0.495 e. The van der Waals surface area contributed by atoms with Gasteiger partial charge in [0.25, 0.3) is 10.0 Å². The lowest BCUT2D eigenvalue weighted by Crippen LogP contribution is -2.52. The lowest BCUT2D eigenvalue weighted by Gasteiger charge is -2.32. The second-order valence-electron chi connectivity index (χ2n) is 9.85. The average Bonchev–Trinajstić information content (AvgIpc) is 2.90. The number of anilines is 1. The van der Waals surface area contributed by atoms with Crippen molar-refractivity contribution in [3.05, 3.63) is 89.5 Å². The Balaban J connectivity index is 2.09. The summed E-state index contributed by atoms with van der Waals surface area (Å²) in [6.07, 6.45) is 0. The van der Waals surface area contributed by atoms with Gasteiger partial charge >= 0.3 is 0 Å². The zero-order valence-corrected chi connectivity index (χ0v) is 24.2. The summed E-state index contributed by atoms with van der Waals surface area (Å²) in [7, 11) is -2.72. The van der Waals surface area contributed by atoms with Gasteiger partial charge in [-0.3, -0.25) is 13.9 Å². The number of nitrogens with zero attached hydrogens (tertiary/aromatic N) is 2. The normalized spacial score (nSPS) is 12.1. The summed E-state index contributed by atoms with van der Waals surface area (Å²) < 4.78 is 34.4. The minimum atomic E-state index is -4.17. The maximum Gasteiger partial charge on any atom is 0.264 e. The van der Waals surface area contributed by atoms with E-state index in [4.69, 9.17) is 4.74 Å². The Bertz CT molecular complexity index is 1410. The fraction of sp³-hybridized carbons (Fsp3) is 0.333. The molecule has 0 aliphatic rings. The molecular formula is C30H37N3O5S. The molecule has 208 valence electrons. The van der Waals surface area contributed by atoms with E-state index < -0.39 is 28.5 Å². The molecule has 8 nitrogen and oxygen atoms in total. The molecule has 0 unspecified atom stereocenters. The van der Waals surface area contributed by atoms with E-state index in [1.54, 1.807) is 43.3 Å². The van der Waals surface area contributed by atoms with Crippen LogP contribution in [0.1, 0.15) is 37.5 Å². The number of ether oxygens (including phenoxy) is 1. The van der Waals surface area contributed by atoms with Crippen LogP contribution in [0.3, 0.4) is 0 Å². The van der Waals surface area contributed by atoms with Crippen LogP contribution in [0.5, 0.6) is 5.75 Å². The highest BCUT2D eigenvalue weighted by Gasteiger charge is 2.34. The number of aryl methyl sites for hydroxylation is 2. The first-order valence-electron chi connectivity index (χ1n) is 12.8. The van der Waals surface area contributed by atoms with Gasteiger partial charge in [-0.15, -0.1) is 0 Å². The van der Waals surface area contributed by atoms with Crippen LogP contribution < -0.4 is 14.4 Å². The van der Waals surface area contributed by atoms with Crippen LogP contribution in [-0.4, -0.2) is 50.9 Å². The third-order valence-electron chi connectivity index (χ3n) is 6.25. The average molecular weight is 552 g/mol. The van der Waals surface area contributed by atoms with Gasteiger partial charge in [0.15, 0.2) is 0 Å². The van der Waals surface area contributed by atoms with Crippen molar-refractivity contribution in [2.45, 2.75) is 58.1 Å². The quantitative estimate of drug-likeness (QED) is 0.380. The SMILES string of the molecule is COc1ccc(C)cc1N(CC(=O)N(Cc1cccc(C)c1)[C@@H](C)C(=O)NC(C)C)S(=O)(=O)c1ccccc1. The second kappa shape index (κ2) is 12.8. The molecule has 1 atom stereocenters. The van der Waals surface area contributed by atoms with Crippen molar-refractivity contribution in [1.29, 1.82) is 0 Å². The maximum atomic E-state index is 14.0. The molecule has 9 heteroatoms. The van der Waals surface area contributed by atoms with Gasteiger partial charge in [-0.05, 0) is 70.0 Å². The summed E-state index contributed by atoms with van der Waals surface area (Å²) in [6, 6.07) is 19.8. The maximum absolute atomic E-state index is 14.0. The summed E-state index contributed by atoms with van der Waals surface area (Å²) in [5.74, 6) is -0.536. The monoisotopic (exact) mass is 551 g/mol. The highest BCUT2D eigenvalue weighted by atomic mass is 32.2. The highest BCUT2D eigenvalue weighted by molar-refractivity contribution is 7.92. The Hall–Kier alpha value is -3.85. The molecule has 0 saturated carbocycles. The standard InChI is InChI=1S/C30H37N3O5S/c1-21(2)31-30(35)24(5)32(19-25-12-10-11-22(3)17-25)29(34)20-33(27-18-23(4)15-16-28(27)38-6)39(36,37)26-13-8-7-9-14-26/h7-18,21,24H,19-20H2,1-6H3,(H,31,35)/t24-/m0/s1. The van der Waals surface area contributed by atoms with Crippen molar-refractivity contribution in [3.8, 4) is 5.75 Å². The van der Waals surface area contributed by atoms with Crippen LogP contribution in [0.4, 0.5) is 5.69 Å². The van der Waals surface area contributed by atoms with E-state index in [9.17, 15) is 18.0 Å². The smallest absolute Gasteiger partial charge is 0.264 e. The molecule has 1 N–H and O–H groups in total. The van der Waals surface area contributed by atoms with Crippen molar-refractivity contribution in [2.75, 3.05) is 18.0 Å². The van der Waals surface area contributed by atoms with E-state index in [0.29, 0.717) is 5.75 Å². The number of hydrogen-bond acceptors (Lipinski definition) is 5. The summed E-state index contributed by atoms with van der Waals surface area (Å²) in [6.45, 7) is 8.72. The topological polar surface area (TPSA) is 96.0 Å². The molecule has 0 fully saturated rings. The number of rotatable bonds is 11. The van der Waals surface area contributed by atoms with Crippen molar-refractivity contribution in [3.63, 3.8) is 0 Å². The van der Waals surface area contributed by atoms with Crippen LogP contribution in [0, 0.1) is 13.8 Å². The fourth-order valence-electron chi connectivity index (χ4n) is 4.22. The molecule has 2 amide bonds. The molecule has 39 heavy (non-hydrogen) atoms. The van der Waals surface area contributed by atoms with Crippen molar-refractivity contribution in [1.82, 2.24) is 10.2 Å². The van der Waals surface area contributed by atoms with Crippen molar-refractivity contribution < 1.29 is 22.7 Å². The Kier molecular flexibility index (Phi) is 9.75. The van der Waals surface area contributed by atoms with Crippen LogP contribution in [0.15, 0.2) is 77.7 Å². The number of methoxy groups -OCH3 is 1. The third-order valence-corrected chi connectivity index (χ3v) is 8.02. The molecule has 0 aromatic heterocycles. The number of amides is 2. The summed E-state index contributed by atoms with van der Waals surface area (Å²) >= 11 is 0. The van der Waals surface area contributed by atoms with E-state index in [0.717, 1.165) is 21.0 Å². The third kappa shape index (κ3) is 7.38. The molecule has 0 heterocycles. The van der Waals surface area contributed by atoms with Crippen molar-refractivity contribution >= 4 is 27.5 Å². The molecule has 0 bridgehead atoms. The zero-order chi connectivity index (χ0) is 28.7. The zero-order valence-electron chi connectivity index (χ0n) is 23.3.